The van der Waals surface area contributed by atoms with E-state index in [4.69, 9.17) is 4.42 Å². The molecule has 0 saturated carbocycles. The number of hydrogen-bond donors (Lipinski definition) is 1. The highest BCUT2D eigenvalue weighted by Crippen LogP contribution is 2.24. The molecule has 1 amide bonds. The molecular formula is C21H19FN2O6S2. The van der Waals surface area contributed by atoms with Crippen LogP contribution in [0.1, 0.15) is 16.1 Å². The fourth-order valence-electron chi connectivity index (χ4n) is 3.29. The molecule has 2 heterocycles. The van der Waals surface area contributed by atoms with Crippen molar-refractivity contribution < 1.29 is 30.4 Å². The molecule has 1 saturated heterocycles. The van der Waals surface area contributed by atoms with Crippen molar-refractivity contribution >= 4 is 31.5 Å². The molecule has 0 unspecified atom stereocenters. The second-order valence-corrected chi connectivity index (χ2v) is 11.3. The molecule has 4 rings (SSSR count). The van der Waals surface area contributed by atoms with Crippen LogP contribution < -0.4 is 4.72 Å². The number of likely N-dealkylation sites (tertiary alicyclic amines) is 1. The lowest BCUT2D eigenvalue weighted by molar-refractivity contribution is 0.0659. The van der Waals surface area contributed by atoms with Crippen molar-refractivity contribution in [1.29, 1.82) is 0 Å². The molecular weight excluding hydrogens is 459 g/mol. The van der Waals surface area contributed by atoms with E-state index in [9.17, 15) is 26.0 Å². The summed E-state index contributed by atoms with van der Waals surface area (Å²) in [5.41, 5.74) is 0.328. The third-order valence-corrected chi connectivity index (χ3v) is 8.41. The van der Waals surface area contributed by atoms with Gasteiger partial charge >= 0.3 is 0 Å². The van der Waals surface area contributed by atoms with E-state index >= 15 is 0 Å². The highest BCUT2D eigenvalue weighted by molar-refractivity contribution is 7.92. The van der Waals surface area contributed by atoms with Gasteiger partial charge in [0.05, 0.1) is 16.4 Å². The first kappa shape index (κ1) is 22.0. The van der Waals surface area contributed by atoms with E-state index in [1.807, 2.05) is 0 Å². The molecule has 0 bridgehead atoms. The van der Waals surface area contributed by atoms with Crippen LogP contribution in [0.3, 0.4) is 0 Å². The number of rotatable bonds is 7. The van der Waals surface area contributed by atoms with Crippen LogP contribution in [0, 0.1) is 5.82 Å². The van der Waals surface area contributed by atoms with Crippen molar-refractivity contribution in [2.24, 2.45) is 0 Å². The Kier molecular flexibility index (Phi) is 5.78. The van der Waals surface area contributed by atoms with E-state index < -0.39 is 36.8 Å². The molecule has 1 fully saturated rings. The van der Waals surface area contributed by atoms with Gasteiger partial charge in [0.25, 0.3) is 15.9 Å². The fourth-order valence-corrected chi connectivity index (χ4v) is 5.98. The lowest BCUT2D eigenvalue weighted by Crippen LogP contribution is -2.57. The largest absolute Gasteiger partial charge is 0.468 e. The zero-order chi connectivity index (χ0) is 22.9. The van der Waals surface area contributed by atoms with Gasteiger partial charge in [-0.05, 0) is 48.5 Å². The highest BCUT2D eigenvalue weighted by Gasteiger charge is 2.40. The van der Waals surface area contributed by atoms with Gasteiger partial charge < -0.3 is 9.32 Å². The lowest BCUT2D eigenvalue weighted by atomic mass is 10.1. The molecule has 2 aromatic carbocycles. The van der Waals surface area contributed by atoms with Crippen molar-refractivity contribution in [1.82, 2.24) is 4.90 Å². The van der Waals surface area contributed by atoms with Crippen LogP contribution in [0.4, 0.5) is 10.1 Å². The van der Waals surface area contributed by atoms with Crippen molar-refractivity contribution in [2.45, 2.75) is 15.9 Å². The molecule has 11 heteroatoms. The third-order valence-electron chi connectivity index (χ3n) is 5.03. The van der Waals surface area contributed by atoms with Crippen LogP contribution in [-0.2, 0) is 25.6 Å². The number of sulfone groups is 1. The van der Waals surface area contributed by atoms with Crippen LogP contribution in [0.15, 0.2) is 76.2 Å². The van der Waals surface area contributed by atoms with Crippen LogP contribution in [-0.4, -0.2) is 46.0 Å². The van der Waals surface area contributed by atoms with Gasteiger partial charge in [-0.3, -0.25) is 9.52 Å². The van der Waals surface area contributed by atoms with Crippen molar-refractivity contribution in [2.75, 3.05) is 17.8 Å². The number of furan rings is 1. The summed E-state index contributed by atoms with van der Waals surface area (Å²) in [4.78, 5) is 13.9. The average Bonchev–Trinajstić information content (AvgIpc) is 3.18. The zero-order valence-corrected chi connectivity index (χ0v) is 18.3. The van der Waals surface area contributed by atoms with Gasteiger partial charge in [0.2, 0.25) is 0 Å². The predicted molar refractivity (Wildman–Crippen MR) is 115 cm³/mol. The SMILES string of the molecule is O=C(c1cccc(NS(=O)(=O)c2cccc(F)c2)c1)N1CC(S(=O)(=O)Cc2ccco2)C1. The van der Waals surface area contributed by atoms with Crippen molar-refractivity contribution in [3.63, 3.8) is 0 Å². The lowest BCUT2D eigenvalue weighted by Gasteiger charge is -2.38. The van der Waals surface area contributed by atoms with Gasteiger partial charge in [0.1, 0.15) is 17.3 Å². The Balaban J connectivity index is 1.42. The normalized spacial score (nSPS) is 14.7. The predicted octanol–water partition coefficient (Wildman–Crippen LogP) is 2.66. The van der Waals surface area contributed by atoms with E-state index in [-0.39, 0.29) is 35.0 Å². The number of hydrogen-bond acceptors (Lipinski definition) is 6. The minimum Gasteiger partial charge on any atom is -0.468 e. The van der Waals surface area contributed by atoms with E-state index in [2.05, 4.69) is 4.72 Å². The summed E-state index contributed by atoms with van der Waals surface area (Å²) in [7, 11) is -7.52. The highest BCUT2D eigenvalue weighted by atomic mass is 32.2. The van der Waals surface area contributed by atoms with E-state index in [0.717, 1.165) is 12.1 Å². The fraction of sp³-hybridized carbons (Fsp3) is 0.190. The van der Waals surface area contributed by atoms with Crippen molar-refractivity contribution in [3.05, 3.63) is 84.1 Å². The second kappa shape index (κ2) is 8.40. The molecule has 0 spiro atoms. The van der Waals surface area contributed by atoms with Crippen LogP contribution >= 0.6 is 0 Å². The summed E-state index contributed by atoms with van der Waals surface area (Å²) >= 11 is 0. The molecule has 0 radical (unpaired) electrons. The first-order valence-electron chi connectivity index (χ1n) is 9.56. The molecule has 0 aliphatic carbocycles. The maximum atomic E-state index is 13.4. The molecule has 1 aliphatic heterocycles. The minimum atomic E-state index is -4.05. The minimum absolute atomic E-state index is 0.0428. The van der Waals surface area contributed by atoms with Gasteiger partial charge in [-0.15, -0.1) is 0 Å². The molecule has 1 aliphatic rings. The first-order valence-corrected chi connectivity index (χ1v) is 12.8. The summed E-state index contributed by atoms with van der Waals surface area (Å²) in [6.07, 6.45) is 1.40. The number of nitrogens with zero attached hydrogens (tertiary/aromatic N) is 1. The number of amides is 1. The van der Waals surface area contributed by atoms with Crippen LogP contribution in [0.5, 0.6) is 0 Å². The van der Waals surface area contributed by atoms with Crippen LogP contribution in [0.2, 0.25) is 0 Å². The number of benzene rings is 2. The number of carbonyl (C=O) groups is 1. The van der Waals surface area contributed by atoms with E-state index in [1.165, 1.54) is 47.6 Å². The quantitative estimate of drug-likeness (QED) is 0.559. The molecule has 32 heavy (non-hydrogen) atoms. The summed E-state index contributed by atoms with van der Waals surface area (Å²) < 4.78 is 70.6. The summed E-state index contributed by atoms with van der Waals surface area (Å²) in [5.74, 6) is -0.996. The molecule has 8 nitrogen and oxygen atoms in total. The number of carbonyl (C=O) groups excluding carboxylic acids is 1. The standard InChI is InChI=1S/C21H19FN2O6S2/c22-16-5-2-8-19(11-16)32(28,29)23-17-6-1-4-15(10-17)21(25)24-12-20(13-24)31(26,27)14-18-7-3-9-30-18/h1-11,20,23H,12-14H2. The topological polar surface area (TPSA) is 114 Å². The molecule has 3 aromatic rings. The zero-order valence-electron chi connectivity index (χ0n) is 16.6. The molecule has 168 valence electrons. The second-order valence-electron chi connectivity index (χ2n) is 7.36. The molecule has 1 N–H and O–H groups in total. The Morgan fingerprint density at radius 2 is 1.78 bits per heavy atom. The smallest absolute Gasteiger partial charge is 0.261 e. The van der Waals surface area contributed by atoms with E-state index in [0.29, 0.717) is 5.76 Å². The number of anilines is 1. The Bertz CT molecular complexity index is 1350. The average molecular weight is 479 g/mol. The Morgan fingerprint density at radius 3 is 2.47 bits per heavy atom. The summed E-state index contributed by atoms with van der Waals surface area (Å²) in [6.45, 7) is 0.0856. The first-order chi connectivity index (χ1) is 15.1. The summed E-state index contributed by atoms with van der Waals surface area (Å²) in [6, 6.07) is 13.6. The monoisotopic (exact) mass is 478 g/mol. The van der Waals surface area contributed by atoms with E-state index in [1.54, 1.807) is 12.1 Å². The number of sulfonamides is 1. The Morgan fingerprint density at radius 1 is 1.03 bits per heavy atom. The van der Waals surface area contributed by atoms with Gasteiger partial charge in [-0.25, -0.2) is 21.2 Å². The number of nitrogens with one attached hydrogen (secondary N) is 1. The van der Waals surface area contributed by atoms with Gasteiger partial charge in [-0.1, -0.05) is 12.1 Å². The third kappa shape index (κ3) is 4.68. The van der Waals surface area contributed by atoms with Gasteiger partial charge in [0, 0.05) is 24.3 Å². The molecule has 0 atom stereocenters. The number of halogens is 1. The van der Waals surface area contributed by atoms with Crippen molar-refractivity contribution in [3.8, 4) is 0 Å². The maximum Gasteiger partial charge on any atom is 0.261 e. The van der Waals surface area contributed by atoms with Crippen LogP contribution in [0.25, 0.3) is 0 Å². The van der Waals surface area contributed by atoms with Gasteiger partial charge in [-0.2, -0.15) is 0 Å². The maximum absolute atomic E-state index is 13.4. The Hall–Kier alpha value is -3.18. The summed E-state index contributed by atoms with van der Waals surface area (Å²) in [5, 5.41) is -0.689. The van der Waals surface area contributed by atoms with Gasteiger partial charge in [0.15, 0.2) is 9.84 Å². The molecule has 1 aromatic heterocycles. The Labute approximate surface area is 184 Å².